The predicted molar refractivity (Wildman–Crippen MR) is 132 cm³/mol. The molecule has 3 aromatic heterocycles. The van der Waals surface area contributed by atoms with Gasteiger partial charge in [0.2, 0.25) is 0 Å². The number of carbonyl (C=O) groups excluding carboxylic acids is 1. The summed E-state index contributed by atoms with van der Waals surface area (Å²) >= 11 is 0. The van der Waals surface area contributed by atoms with E-state index < -0.39 is 0 Å². The van der Waals surface area contributed by atoms with Gasteiger partial charge in [0.05, 0.1) is 5.69 Å². The first-order chi connectivity index (χ1) is 16.6. The second-order valence-electron chi connectivity index (χ2n) is 8.89. The van der Waals surface area contributed by atoms with Crippen molar-refractivity contribution in [1.29, 1.82) is 0 Å². The highest BCUT2D eigenvalue weighted by Gasteiger charge is 2.27. The summed E-state index contributed by atoms with van der Waals surface area (Å²) in [6.45, 7) is 3.62. The monoisotopic (exact) mass is 458 g/mol. The van der Waals surface area contributed by atoms with Crippen LogP contribution < -0.4 is 11.1 Å². The van der Waals surface area contributed by atoms with Crippen LogP contribution in [0.5, 0.6) is 0 Å². The van der Waals surface area contributed by atoms with Crippen LogP contribution in [0.2, 0.25) is 0 Å². The van der Waals surface area contributed by atoms with Gasteiger partial charge < -0.3 is 15.8 Å². The van der Waals surface area contributed by atoms with Crippen LogP contribution in [-0.4, -0.2) is 38.5 Å². The Morgan fingerprint density at radius 3 is 2.88 bits per heavy atom. The molecule has 34 heavy (non-hydrogen) atoms. The van der Waals surface area contributed by atoms with E-state index in [4.69, 9.17) is 15.5 Å². The molecule has 5 rings (SSSR count). The number of nitrogens with zero attached hydrogens (tertiary/aromatic N) is 4. The lowest BCUT2D eigenvalue weighted by molar-refractivity contribution is -0.112. The molecule has 1 atom stereocenters. The van der Waals surface area contributed by atoms with Crippen molar-refractivity contribution in [2.75, 3.05) is 24.3 Å². The van der Waals surface area contributed by atoms with E-state index in [1.165, 1.54) is 5.56 Å². The number of aryl methyl sites for hydroxylation is 1. The SMILES string of the molecule is CCCc1ccnc(NC(=O)C2=CCC(c3nc(C4CCOCC4)n4ccnc(N)c34)C=C2)c1. The molecule has 0 saturated carbocycles. The van der Waals surface area contributed by atoms with E-state index in [-0.39, 0.29) is 11.8 Å². The van der Waals surface area contributed by atoms with E-state index >= 15 is 0 Å². The van der Waals surface area contributed by atoms with Gasteiger partial charge in [-0.25, -0.2) is 15.0 Å². The Bertz CT molecular complexity index is 1260. The van der Waals surface area contributed by atoms with Gasteiger partial charge in [-0.1, -0.05) is 31.6 Å². The van der Waals surface area contributed by atoms with Gasteiger partial charge in [0.1, 0.15) is 23.0 Å². The first kappa shape index (κ1) is 22.3. The molecule has 0 spiro atoms. The molecule has 0 radical (unpaired) electrons. The fourth-order valence-electron chi connectivity index (χ4n) is 4.78. The van der Waals surface area contributed by atoms with Gasteiger partial charge in [-0.3, -0.25) is 9.20 Å². The number of imidazole rings is 1. The Morgan fingerprint density at radius 1 is 1.26 bits per heavy atom. The average molecular weight is 459 g/mol. The summed E-state index contributed by atoms with van der Waals surface area (Å²) in [5, 5.41) is 2.92. The molecule has 1 amide bonds. The van der Waals surface area contributed by atoms with Crippen LogP contribution in [0.15, 0.2) is 54.5 Å². The number of fused-ring (bicyclic) bond motifs is 1. The number of aromatic nitrogens is 4. The highest BCUT2D eigenvalue weighted by atomic mass is 16.5. The molecule has 1 unspecified atom stereocenters. The van der Waals surface area contributed by atoms with Crippen LogP contribution in [0.3, 0.4) is 0 Å². The minimum absolute atomic E-state index is 0.0256. The Kier molecular flexibility index (Phi) is 6.40. The van der Waals surface area contributed by atoms with Crippen LogP contribution in [0.4, 0.5) is 11.6 Å². The molecule has 2 aliphatic rings. The zero-order chi connectivity index (χ0) is 23.5. The molecule has 3 aromatic rings. The standard InChI is InChI=1S/C26H30N6O2/c1-2-3-17-8-11-28-21(16-17)30-26(33)20-6-4-18(5-7-20)22-23-24(27)29-12-13-32(23)25(31-22)19-9-14-34-15-10-19/h4,6-8,11-13,16,18-19H,2-3,5,9-10,14-15H2,1H3,(H2,27,29)(H,28,30,33). The number of rotatable bonds is 6. The van der Waals surface area contributed by atoms with E-state index in [0.717, 1.165) is 55.9 Å². The molecule has 1 aliphatic heterocycles. The van der Waals surface area contributed by atoms with E-state index in [9.17, 15) is 4.79 Å². The normalized spacial score (nSPS) is 18.7. The Labute approximate surface area is 199 Å². The molecule has 1 fully saturated rings. The molecule has 0 aromatic carbocycles. The summed E-state index contributed by atoms with van der Waals surface area (Å²) in [4.78, 5) is 26.5. The summed E-state index contributed by atoms with van der Waals surface area (Å²) in [5.74, 6) is 2.26. The van der Waals surface area contributed by atoms with Crippen molar-refractivity contribution in [1.82, 2.24) is 19.4 Å². The van der Waals surface area contributed by atoms with E-state index in [2.05, 4.69) is 26.6 Å². The summed E-state index contributed by atoms with van der Waals surface area (Å²) in [7, 11) is 0. The average Bonchev–Trinajstić information content (AvgIpc) is 3.26. The largest absolute Gasteiger partial charge is 0.382 e. The minimum atomic E-state index is -0.158. The Hall–Kier alpha value is -3.52. The van der Waals surface area contributed by atoms with Gasteiger partial charge >= 0.3 is 0 Å². The fraction of sp³-hybridized carbons (Fsp3) is 0.385. The molecule has 1 saturated heterocycles. The van der Waals surface area contributed by atoms with Gasteiger partial charge in [-0.05, 0) is 43.4 Å². The van der Waals surface area contributed by atoms with Crippen LogP contribution >= 0.6 is 0 Å². The number of carbonyl (C=O) groups is 1. The van der Waals surface area contributed by atoms with Gasteiger partial charge in [0.15, 0.2) is 0 Å². The molecule has 8 nitrogen and oxygen atoms in total. The number of pyridine rings is 1. The van der Waals surface area contributed by atoms with E-state index in [1.807, 2.05) is 36.6 Å². The highest BCUT2D eigenvalue weighted by Crippen LogP contribution is 2.35. The molecule has 8 heteroatoms. The van der Waals surface area contributed by atoms with Crippen LogP contribution in [0.25, 0.3) is 5.52 Å². The quantitative estimate of drug-likeness (QED) is 0.574. The maximum Gasteiger partial charge on any atom is 0.256 e. The summed E-state index contributed by atoms with van der Waals surface area (Å²) in [6.07, 6.45) is 15.8. The number of amides is 1. The third-order valence-corrected chi connectivity index (χ3v) is 6.54. The smallest absolute Gasteiger partial charge is 0.256 e. The van der Waals surface area contributed by atoms with Gasteiger partial charge in [-0.15, -0.1) is 0 Å². The summed E-state index contributed by atoms with van der Waals surface area (Å²) in [6, 6.07) is 3.91. The molecule has 4 heterocycles. The molecule has 3 N–H and O–H groups in total. The number of anilines is 2. The van der Waals surface area contributed by atoms with Gasteiger partial charge in [0.25, 0.3) is 5.91 Å². The maximum absolute atomic E-state index is 12.8. The van der Waals surface area contributed by atoms with Crippen molar-refractivity contribution in [3.05, 3.63) is 71.6 Å². The number of allylic oxidation sites excluding steroid dienone is 2. The maximum atomic E-state index is 12.8. The van der Waals surface area contributed by atoms with Crippen LogP contribution in [-0.2, 0) is 16.0 Å². The topological polar surface area (TPSA) is 107 Å². The summed E-state index contributed by atoms with van der Waals surface area (Å²) < 4.78 is 7.63. The Balaban J connectivity index is 1.35. The van der Waals surface area contributed by atoms with Crippen molar-refractivity contribution in [2.24, 2.45) is 0 Å². The molecule has 176 valence electrons. The fourth-order valence-corrected chi connectivity index (χ4v) is 4.78. The second-order valence-corrected chi connectivity index (χ2v) is 8.89. The number of hydrogen-bond donors (Lipinski definition) is 2. The molecular formula is C26H30N6O2. The van der Waals surface area contributed by atoms with Crippen molar-refractivity contribution < 1.29 is 9.53 Å². The van der Waals surface area contributed by atoms with Crippen LogP contribution in [0, 0.1) is 0 Å². The first-order valence-corrected chi connectivity index (χ1v) is 12.0. The minimum Gasteiger partial charge on any atom is -0.382 e. The van der Waals surface area contributed by atoms with Crippen LogP contribution in [0.1, 0.15) is 61.5 Å². The van der Waals surface area contributed by atoms with E-state index in [1.54, 1.807) is 12.4 Å². The van der Waals surface area contributed by atoms with Crippen molar-refractivity contribution in [3.8, 4) is 0 Å². The molecule has 1 aliphatic carbocycles. The van der Waals surface area contributed by atoms with Crippen molar-refractivity contribution >= 4 is 23.1 Å². The van der Waals surface area contributed by atoms with Gasteiger partial charge in [-0.2, -0.15) is 0 Å². The molecular weight excluding hydrogens is 428 g/mol. The Morgan fingerprint density at radius 2 is 2.12 bits per heavy atom. The lowest BCUT2D eigenvalue weighted by atomic mass is 9.93. The van der Waals surface area contributed by atoms with E-state index in [0.29, 0.717) is 29.5 Å². The number of nitrogen functional groups attached to an aromatic ring is 1. The summed E-state index contributed by atoms with van der Waals surface area (Å²) in [5.41, 5.74) is 9.85. The third-order valence-electron chi connectivity index (χ3n) is 6.54. The molecule has 0 bridgehead atoms. The zero-order valence-corrected chi connectivity index (χ0v) is 19.4. The van der Waals surface area contributed by atoms with Crippen molar-refractivity contribution in [2.45, 2.75) is 50.9 Å². The van der Waals surface area contributed by atoms with Crippen molar-refractivity contribution in [3.63, 3.8) is 0 Å². The van der Waals surface area contributed by atoms with Gasteiger partial charge in [0, 0.05) is 49.2 Å². The number of ether oxygens (including phenoxy) is 1. The second kappa shape index (κ2) is 9.77. The first-order valence-electron chi connectivity index (χ1n) is 12.0. The third kappa shape index (κ3) is 4.46. The number of nitrogens with two attached hydrogens (primary N) is 1. The number of nitrogens with one attached hydrogen (secondary N) is 1. The highest BCUT2D eigenvalue weighted by molar-refractivity contribution is 6.05. The lowest BCUT2D eigenvalue weighted by Gasteiger charge is -2.21. The lowest BCUT2D eigenvalue weighted by Crippen LogP contribution is -2.16. The number of hydrogen-bond acceptors (Lipinski definition) is 6. The predicted octanol–water partition coefficient (Wildman–Crippen LogP) is 4.16. The zero-order valence-electron chi connectivity index (χ0n) is 19.4.